The number of carbonyl (C=O) groups is 2. The molecule has 0 saturated heterocycles. The van der Waals surface area contributed by atoms with Crippen molar-refractivity contribution in [1.29, 1.82) is 0 Å². The molecule has 5 nitrogen and oxygen atoms in total. The standard InChI is InChI=1S/C10H10O5/c1-2-14-15-10(13)8-5-3-4-7(6-8)9(11)12/h3-6H,2H2,1H3,(H,11,12). The summed E-state index contributed by atoms with van der Waals surface area (Å²) in [5.74, 6) is -1.80. The highest BCUT2D eigenvalue weighted by Crippen LogP contribution is 2.07. The number of hydrogen-bond acceptors (Lipinski definition) is 4. The van der Waals surface area contributed by atoms with Gasteiger partial charge in [0.1, 0.15) is 0 Å². The molecular weight excluding hydrogens is 200 g/mol. The maximum Gasteiger partial charge on any atom is 0.373 e. The van der Waals surface area contributed by atoms with E-state index >= 15 is 0 Å². The van der Waals surface area contributed by atoms with Crippen LogP contribution in [0.1, 0.15) is 27.6 Å². The van der Waals surface area contributed by atoms with Gasteiger partial charge in [-0.25, -0.2) is 9.59 Å². The molecule has 1 N–H and O–H groups in total. The minimum Gasteiger partial charge on any atom is -0.478 e. The summed E-state index contributed by atoms with van der Waals surface area (Å²) in [6.07, 6.45) is 0. The number of carboxylic acid groups (broad SMARTS) is 1. The first-order valence-corrected chi connectivity index (χ1v) is 4.32. The fraction of sp³-hybridized carbons (Fsp3) is 0.200. The van der Waals surface area contributed by atoms with Gasteiger partial charge < -0.3 is 5.11 Å². The molecule has 0 radical (unpaired) electrons. The van der Waals surface area contributed by atoms with Gasteiger partial charge in [-0.3, -0.25) is 4.89 Å². The van der Waals surface area contributed by atoms with Crippen LogP contribution in [0.5, 0.6) is 0 Å². The first kappa shape index (κ1) is 11.2. The van der Waals surface area contributed by atoms with E-state index < -0.39 is 11.9 Å². The summed E-state index contributed by atoms with van der Waals surface area (Å²) in [6, 6.07) is 5.53. The maximum atomic E-state index is 11.2. The second-order valence-electron chi connectivity index (χ2n) is 2.66. The number of carbonyl (C=O) groups excluding carboxylic acids is 1. The van der Waals surface area contributed by atoms with Crippen molar-refractivity contribution in [2.75, 3.05) is 6.61 Å². The minimum absolute atomic E-state index is 0.0287. The first-order chi connectivity index (χ1) is 7.15. The molecule has 0 heterocycles. The smallest absolute Gasteiger partial charge is 0.373 e. The Bertz CT molecular complexity index is 372. The zero-order chi connectivity index (χ0) is 11.3. The lowest BCUT2D eigenvalue weighted by Gasteiger charge is -2.01. The molecule has 5 heteroatoms. The number of hydrogen-bond donors (Lipinski definition) is 1. The Balaban J connectivity index is 2.81. The predicted molar refractivity (Wildman–Crippen MR) is 50.4 cm³/mol. The van der Waals surface area contributed by atoms with Gasteiger partial charge in [-0.05, 0) is 25.1 Å². The molecule has 0 aliphatic rings. The topological polar surface area (TPSA) is 72.8 Å². The van der Waals surface area contributed by atoms with E-state index in [1.807, 2.05) is 0 Å². The Morgan fingerprint density at radius 3 is 2.60 bits per heavy atom. The monoisotopic (exact) mass is 210 g/mol. The summed E-state index contributed by atoms with van der Waals surface area (Å²) >= 11 is 0. The van der Waals surface area contributed by atoms with Gasteiger partial charge in [-0.15, -0.1) is 0 Å². The van der Waals surface area contributed by atoms with Gasteiger partial charge in [-0.1, -0.05) is 6.07 Å². The van der Waals surface area contributed by atoms with Crippen LogP contribution < -0.4 is 0 Å². The predicted octanol–water partition coefficient (Wildman–Crippen LogP) is 1.49. The molecule has 0 atom stereocenters. The average molecular weight is 210 g/mol. The van der Waals surface area contributed by atoms with E-state index in [2.05, 4.69) is 9.78 Å². The Kier molecular flexibility index (Phi) is 3.82. The molecule has 80 valence electrons. The zero-order valence-electron chi connectivity index (χ0n) is 8.10. The first-order valence-electron chi connectivity index (χ1n) is 4.32. The van der Waals surface area contributed by atoms with Gasteiger partial charge in [-0.2, -0.15) is 4.89 Å². The van der Waals surface area contributed by atoms with E-state index in [-0.39, 0.29) is 17.7 Å². The van der Waals surface area contributed by atoms with Crippen LogP contribution in [0, 0.1) is 0 Å². The van der Waals surface area contributed by atoms with E-state index in [9.17, 15) is 9.59 Å². The van der Waals surface area contributed by atoms with Crippen molar-refractivity contribution in [3.63, 3.8) is 0 Å². The van der Waals surface area contributed by atoms with E-state index in [4.69, 9.17) is 5.11 Å². The summed E-state index contributed by atoms with van der Waals surface area (Å²) in [5.41, 5.74) is 0.171. The van der Waals surface area contributed by atoms with Crippen LogP contribution in [0.15, 0.2) is 24.3 Å². The lowest BCUT2D eigenvalue weighted by Crippen LogP contribution is -2.07. The number of rotatable bonds is 4. The Morgan fingerprint density at radius 1 is 1.33 bits per heavy atom. The van der Waals surface area contributed by atoms with Crippen LogP contribution in [0.25, 0.3) is 0 Å². The molecule has 0 amide bonds. The Hall–Kier alpha value is -1.88. The molecule has 15 heavy (non-hydrogen) atoms. The zero-order valence-corrected chi connectivity index (χ0v) is 8.10. The normalized spacial score (nSPS) is 9.67. The van der Waals surface area contributed by atoms with Crippen molar-refractivity contribution < 1.29 is 24.5 Å². The molecule has 0 aromatic heterocycles. The molecule has 0 aliphatic heterocycles. The third kappa shape index (κ3) is 3.07. The molecule has 1 aromatic carbocycles. The number of carboxylic acids is 1. The largest absolute Gasteiger partial charge is 0.478 e. The van der Waals surface area contributed by atoms with Crippen molar-refractivity contribution in [2.45, 2.75) is 6.92 Å². The highest BCUT2D eigenvalue weighted by atomic mass is 17.2. The van der Waals surface area contributed by atoms with Crippen molar-refractivity contribution in [3.05, 3.63) is 35.4 Å². The second-order valence-corrected chi connectivity index (χ2v) is 2.66. The van der Waals surface area contributed by atoms with E-state index in [1.54, 1.807) is 6.92 Å². The van der Waals surface area contributed by atoms with Gasteiger partial charge in [0, 0.05) is 0 Å². The summed E-state index contributed by atoms with van der Waals surface area (Å²) < 4.78 is 0. The van der Waals surface area contributed by atoms with Crippen LogP contribution in [0.2, 0.25) is 0 Å². The van der Waals surface area contributed by atoms with Crippen LogP contribution in [-0.2, 0) is 9.78 Å². The molecule has 0 aliphatic carbocycles. The number of benzene rings is 1. The molecule has 0 spiro atoms. The van der Waals surface area contributed by atoms with E-state index in [1.165, 1.54) is 24.3 Å². The summed E-state index contributed by atoms with van der Waals surface area (Å²) in [7, 11) is 0. The molecule has 1 aromatic rings. The van der Waals surface area contributed by atoms with Gasteiger partial charge in [0.05, 0.1) is 17.7 Å². The van der Waals surface area contributed by atoms with Crippen LogP contribution in [0.4, 0.5) is 0 Å². The van der Waals surface area contributed by atoms with E-state index in [0.29, 0.717) is 0 Å². The quantitative estimate of drug-likeness (QED) is 0.602. The highest BCUT2D eigenvalue weighted by Gasteiger charge is 2.10. The van der Waals surface area contributed by atoms with Crippen molar-refractivity contribution in [2.24, 2.45) is 0 Å². The summed E-state index contributed by atoms with van der Waals surface area (Å²) in [6.45, 7) is 1.91. The van der Waals surface area contributed by atoms with Crippen molar-refractivity contribution >= 4 is 11.9 Å². The lowest BCUT2D eigenvalue weighted by atomic mass is 10.1. The fourth-order valence-electron chi connectivity index (χ4n) is 0.940. The van der Waals surface area contributed by atoms with Crippen LogP contribution in [-0.4, -0.2) is 23.7 Å². The molecule has 0 bridgehead atoms. The van der Waals surface area contributed by atoms with Gasteiger partial charge in [0.25, 0.3) is 0 Å². The summed E-state index contributed by atoms with van der Waals surface area (Å²) in [5, 5.41) is 8.68. The number of aromatic carboxylic acids is 1. The molecule has 0 unspecified atom stereocenters. The maximum absolute atomic E-state index is 11.2. The van der Waals surface area contributed by atoms with E-state index in [0.717, 1.165) is 0 Å². The third-order valence-corrected chi connectivity index (χ3v) is 1.60. The second kappa shape index (κ2) is 5.11. The highest BCUT2D eigenvalue weighted by molar-refractivity contribution is 5.94. The molecular formula is C10H10O5. The fourth-order valence-corrected chi connectivity index (χ4v) is 0.940. The lowest BCUT2D eigenvalue weighted by molar-refractivity contribution is -0.236. The van der Waals surface area contributed by atoms with Crippen molar-refractivity contribution in [1.82, 2.24) is 0 Å². The van der Waals surface area contributed by atoms with Crippen LogP contribution >= 0.6 is 0 Å². The minimum atomic E-state index is -1.10. The van der Waals surface area contributed by atoms with Gasteiger partial charge >= 0.3 is 11.9 Å². The Morgan fingerprint density at radius 2 is 2.00 bits per heavy atom. The van der Waals surface area contributed by atoms with Crippen LogP contribution in [0.3, 0.4) is 0 Å². The van der Waals surface area contributed by atoms with Crippen molar-refractivity contribution in [3.8, 4) is 0 Å². The third-order valence-electron chi connectivity index (χ3n) is 1.60. The molecule has 0 fully saturated rings. The average Bonchev–Trinajstić information content (AvgIpc) is 2.26. The summed E-state index contributed by atoms with van der Waals surface area (Å²) in [4.78, 5) is 30.7. The SMILES string of the molecule is CCOOC(=O)c1cccc(C(=O)O)c1. The molecule has 1 rings (SSSR count). The van der Waals surface area contributed by atoms with Gasteiger partial charge in [0.2, 0.25) is 0 Å². The van der Waals surface area contributed by atoms with Gasteiger partial charge in [0.15, 0.2) is 0 Å². The Labute approximate surface area is 86.2 Å². The molecule has 0 saturated carbocycles.